The molecular formula is C19H20BrN5OS. The molecule has 3 N–H and O–H groups in total. The smallest absolute Gasteiger partial charge is 0.237 e. The van der Waals surface area contributed by atoms with E-state index in [2.05, 4.69) is 38.4 Å². The van der Waals surface area contributed by atoms with Crippen LogP contribution in [0.15, 0.2) is 58.2 Å². The van der Waals surface area contributed by atoms with E-state index in [0.717, 1.165) is 22.1 Å². The molecule has 0 aliphatic rings. The Kier molecular flexibility index (Phi) is 6.18. The summed E-state index contributed by atoms with van der Waals surface area (Å²) < 4.78 is 2.28. The summed E-state index contributed by atoms with van der Waals surface area (Å²) in [5, 5.41) is 11.3. The van der Waals surface area contributed by atoms with Crippen LogP contribution in [0.25, 0.3) is 11.4 Å². The van der Waals surface area contributed by atoms with E-state index >= 15 is 0 Å². The van der Waals surface area contributed by atoms with Crippen LogP contribution in [0.3, 0.4) is 0 Å². The second-order valence-electron chi connectivity index (χ2n) is 5.96. The highest BCUT2D eigenvalue weighted by atomic mass is 79.9. The fourth-order valence-corrected chi connectivity index (χ4v) is 3.70. The number of aryl methyl sites for hydroxylation is 1. The molecule has 3 rings (SSSR count). The molecule has 1 unspecified atom stereocenters. The zero-order chi connectivity index (χ0) is 19.4. The monoisotopic (exact) mass is 445 g/mol. The van der Waals surface area contributed by atoms with Gasteiger partial charge in [0, 0.05) is 15.7 Å². The van der Waals surface area contributed by atoms with Crippen LogP contribution in [0.4, 0.5) is 5.69 Å². The van der Waals surface area contributed by atoms with Gasteiger partial charge in [0.05, 0.1) is 5.25 Å². The van der Waals surface area contributed by atoms with Crippen LogP contribution in [0.2, 0.25) is 0 Å². The molecule has 0 aliphatic carbocycles. The van der Waals surface area contributed by atoms with Crippen molar-refractivity contribution in [1.82, 2.24) is 14.9 Å². The lowest BCUT2D eigenvalue weighted by Crippen LogP contribution is -2.23. The SMILES string of the molecule is CCc1ccc(NC(=O)C(C)Sc2nnc(-c3ccccc3Br)n2N)cc1. The summed E-state index contributed by atoms with van der Waals surface area (Å²) >= 11 is 4.75. The molecular weight excluding hydrogens is 426 g/mol. The van der Waals surface area contributed by atoms with Gasteiger partial charge in [0.2, 0.25) is 11.1 Å². The lowest BCUT2D eigenvalue weighted by atomic mass is 10.1. The van der Waals surface area contributed by atoms with Crippen molar-refractivity contribution in [3.8, 4) is 11.4 Å². The van der Waals surface area contributed by atoms with E-state index in [0.29, 0.717) is 11.0 Å². The molecule has 0 saturated heterocycles. The number of hydrogen-bond donors (Lipinski definition) is 2. The minimum atomic E-state index is -0.380. The van der Waals surface area contributed by atoms with E-state index in [1.54, 1.807) is 0 Å². The summed E-state index contributed by atoms with van der Waals surface area (Å²) in [7, 11) is 0. The second-order valence-corrected chi connectivity index (χ2v) is 8.12. The predicted octanol–water partition coefficient (Wildman–Crippen LogP) is 4.10. The average molecular weight is 446 g/mol. The third-order valence-corrected chi connectivity index (χ3v) is 5.81. The molecule has 1 atom stereocenters. The van der Waals surface area contributed by atoms with E-state index in [4.69, 9.17) is 5.84 Å². The average Bonchev–Trinajstić information content (AvgIpc) is 3.03. The van der Waals surface area contributed by atoms with Gasteiger partial charge in [-0.15, -0.1) is 10.2 Å². The number of hydrogen-bond acceptors (Lipinski definition) is 5. The Hall–Kier alpha value is -2.32. The topological polar surface area (TPSA) is 85.8 Å². The van der Waals surface area contributed by atoms with Crippen LogP contribution in [-0.2, 0) is 11.2 Å². The molecule has 0 spiro atoms. The first-order valence-electron chi connectivity index (χ1n) is 8.51. The first kappa shape index (κ1) is 19.4. The van der Waals surface area contributed by atoms with Crippen LogP contribution < -0.4 is 11.2 Å². The molecule has 3 aromatic rings. The number of nitrogen functional groups attached to an aromatic ring is 1. The molecule has 140 valence electrons. The highest BCUT2D eigenvalue weighted by Gasteiger charge is 2.20. The molecule has 1 heterocycles. The van der Waals surface area contributed by atoms with Gasteiger partial charge in [-0.2, -0.15) is 0 Å². The number of nitrogens with one attached hydrogen (secondary N) is 1. The van der Waals surface area contributed by atoms with Crippen molar-refractivity contribution in [2.24, 2.45) is 0 Å². The van der Waals surface area contributed by atoms with Crippen LogP contribution in [0.5, 0.6) is 0 Å². The number of nitrogens with zero attached hydrogens (tertiary/aromatic N) is 3. The number of carbonyl (C=O) groups is 1. The Labute approximate surface area is 170 Å². The van der Waals surface area contributed by atoms with E-state index in [1.165, 1.54) is 22.0 Å². The highest BCUT2D eigenvalue weighted by molar-refractivity contribution is 9.10. The van der Waals surface area contributed by atoms with Crippen molar-refractivity contribution in [3.63, 3.8) is 0 Å². The molecule has 0 bridgehead atoms. The third kappa shape index (κ3) is 4.51. The summed E-state index contributed by atoms with van der Waals surface area (Å²) in [5.74, 6) is 6.57. The number of halogens is 1. The van der Waals surface area contributed by atoms with Gasteiger partial charge in [0.1, 0.15) is 0 Å². The largest absolute Gasteiger partial charge is 0.335 e. The van der Waals surface area contributed by atoms with Gasteiger partial charge in [-0.05, 0) is 43.2 Å². The minimum Gasteiger partial charge on any atom is -0.335 e. The third-order valence-electron chi connectivity index (χ3n) is 4.06. The van der Waals surface area contributed by atoms with Crippen molar-refractivity contribution in [1.29, 1.82) is 0 Å². The Morgan fingerprint density at radius 1 is 1.22 bits per heavy atom. The lowest BCUT2D eigenvalue weighted by Gasteiger charge is -2.12. The quantitative estimate of drug-likeness (QED) is 0.440. The van der Waals surface area contributed by atoms with Crippen LogP contribution in [0, 0.1) is 0 Å². The van der Waals surface area contributed by atoms with Crippen molar-refractivity contribution in [2.75, 3.05) is 11.2 Å². The molecule has 1 amide bonds. The minimum absolute atomic E-state index is 0.116. The number of aromatic nitrogens is 3. The van der Waals surface area contributed by atoms with E-state index in [9.17, 15) is 4.79 Å². The van der Waals surface area contributed by atoms with Gasteiger partial charge in [0.25, 0.3) is 0 Å². The zero-order valence-corrected chi connectivity index (χ0v) is 17.4. The number of carbonyl (C=O) groups excluding carboxylic acids is 1. The van der Waals surface area contributed by atoms with Crippen LogP contribution in [0.1, 0.15) is 19.4 Å². The molecule has 8 heteroatoms. The normalized spacial score (nSPS) is 12.0. The first-order valence-corrected chi connectivity index (χ1v) is 10.2. The number of nitrogens with two attached hydrogens (primary N) is 1. The standard InChI is InChI=1S/C19H20BrN5OS/c1-3-13-8-10-14(11-9-13)22-18(26)12(2)27-19-24-23-17(25(19)21)15-6-4-5-7-16(15)20/h4-12H,3,21H2,1-2H3,(H,22,26). The number of benzene rings is 2. The summed E-state index contributed by atoms with van der Waals surface area (Å²) in [6.07, 6.45) is 0.965. The molecule has 2 aromatic carbocycles. The van der Waals surface area contributed by atoms with Crippen LogP contribution >= 0.6 is 27.7 Å². The van der Waals surface area contributed by atoms with Gasteiger partial charge in [-0.3, -0.25) is 4.79 Å². The molecule has 1 aromatic heterocycles. The molecule has 0 aliphatic heterocycles. The number of rotatable bonds is 6. The Morgan fingerprint density at radius 2 is 1.93 bits per heavy atom. The van der Waals surface area contributed by atoms with Gasteiger partial charge in [-0.1, -0.05) is 58.9 Å². The Bertz CT molecular complexity index is 942. The van der Waals surface area contributed by atoms with Gasteiger partial charge >= 0.3 is 0 Å². The Morgan fingerprint density at radius 3 is 2.59 bits per heavy atom. The summed E-state index contributed by atoms with van der Waals surface area (Å²) in [6.45, 7) is 3.91. The molecule has 0 saturated carbocycles. The van der Waals surface area contributed by atoms with Crippen molar-refractivity contribution in [2.45, 2.75) is 30.7 Å². The first-order chi connectivity index (χ1) is 13.0. The van der Waals surface area contributed by atoms with Gasteiger partial charge in [0.15, 0.2) is 5.82 Å². The van der Waals surface area contributed by atoms with E-state index in [-0.39, 0.29) is 11.2 Å². The number of anilines is 1. The van der Waals surface area contributed by atoms with E-state index < -0.39 is 0 Å². The molecule has 6 nitrogen and oxygen atoms in total. The fourth-order valence-electron chi connectivity index (χ4n) is 2.46. The van der Waals surface area contributed by atoms with E-state index in [1.807, 2.05) is 55.5 Å². The van der Waals surface area contributed by atoms with Crippen molar-refractivity contribution in [3.05, 3.63) is 58.6 Å². The van der Waals surface area contributed by atoms with Crippen molar-refractivity contribution >= 4 is 39.3 Å². The summed E-state index contributed by atoms with van der Waals surface area (Å²) in [5.41, 5.74) is 2.84. The van der Waals surface area contributed by atoms with Gasteiger partial charge in [-0.25, -0.2) is 4.68 Å². The maximum Gasteiger partial charge on any atom is 0.237 e. The van der Waals surface area contributed by atoms with Gasteiger partial charge < -0.3 is 11.2 Å². The van der Waals surface area contributed by atoms with Crippen LogP contribution in [-0.4, -0.2) is 26.0 Å². The molecule has 27 heavy (non-hydrogen) atoms. The highest BCUT2D eigenvalue weighted by Crippen LogP contribution is 2.29. The zero-order valence-electron chi connectivity index (χ0n) is 15.0. The number of amides is 1. The lowest BCUT2D eigenvalue weighted by molar-refractivity contribution is -0.115. The fraction of sp³-hybridized carbons (Fsp3) is 0.211. The maximum atomic E-state index is 12.5. The Balaban J connectivity index is 1.69. The molecule has 0 fully saturated rings. The maximum absolute atomic E-state index is 12.5. The summed E-state index contributed by atoms with van der Waals surface area (Å²) in [4.78, 5) is 12.5. The number of thioether (sulfide) groups is 1. The second kappa shape index (κ2) is 8.58. The van der Waals surface area contributed by atoms with Crippen molar-refractivity contribution < 1.29 is 4.79 Å². The molecule has 0 radical (unpaired) electrons. The predicted molar refractivity (Wildman–Crippen MR) is 113 cm³/mol. The summed E-state index contributed by atoms with van der Waals surface area (Å²) in [6, 6.07) is 15.5.